The molecule has 1 fully saturated rings. The van der Waals surface area contributed by atoms with Crippen molar-refractivity contribution < 1.29 is 5.11 Å². The second-order valence-electron chi connectivity index (χ2n) is 11.3. The van der Waals surface area contributed by atoms with E-state index in [4.69, 9.17) is 4.99 Å². The number of rotatable bonds is 15. The summed E-state index contributed by atoms with van der Waals surface area (Å²) in [4.78, 5) is 6.45. The Kier molecular flexibility index (Phi) is 13.5. The van der Waals surface area contributed by atoms with E-state index in [1.165, 1.54) is 86.2 Å². The molecule has 3 heteroatoms. The Morgan fingerprint density at radius 3 is 2.72 bits per heavy atom. The van der Waals surface area contributed by atoms with Gasteiger partial charge in [-0.2, -0.15) is 0 Å². The molecule has 36 heavy (non-hydrogen) atoms. The molecule has 200 valence electrons. The molecular weight excluding hydrogens is 458 g/mol. The molecule has 1 heterocycles. The Morgan fingerprint density at radius 1 is 1.17 bits per heavy atom. The number of aliphatic hydroxyl groups is 1. The summed E-state index contributed by atoms with van der Waals surface area (Å²) in [5.74, 6) is 2.20. The number of nitrogens with zero attached hydrogens (tertiary/aromatic N) is 1. The van der Waals surface area contributed by atoms with Crippen LogP contribution in [-0.2, 0) is 0 Å². The van der Waals surface area contributed by atoms with Gasteiger partial charge >= 0.3 is 0 Å². The zero-order valence-electron chi connectivity index (χ0n) is 23.1. The Balaban J connectivity index is 1.38. The Labute approximate surface area is 226 Å². The van der Waals surface area contributed by atoms with Crippen molar-refractivity contribution in [2.45, 2.75) is 123 Å². The van der Waals surface area contributed by atoms with Gasteiger partial charge in [0.15, 0.2) is 0 Å². The van der Waals surface area contributed by atoms with E-state index in [0.717, 1.165) is 56.1 Å². The van der Waals surface area contributed by atoms with Crippen LogP contribution in [-0.4, -0.2) is 22.8 Å². The van der Waals surface area contributed by atoms with Gasteiger partial charge in [0.05, 0.1) is 11.1 Å². The van der Waals surface area contributed by atoms with Gasteiger partial charge in [0.25, 0.3) is 0 Å². The highest BCUT2D eigenvalue weighted by atomic mass is 32.2. The zero-order valence-corrected chi connectivity index (χ0v) is 24.0. The molecule has 0 aromatic heterocycles. The summed E-state index contributed by atoms with van der Waals surface area (Å²) in [6, 6.07) is 0. The van der Waals surface area contributed by atoms with Gasteiger partial charge in [0, 0.05) is 12.5 Å². The van der Waals surface area contributed by atoms with Crippen molar-refractivity contribution in [1.29, 1.82) is 0 Å². The van der Waals surface area contributed by atoms with Crippen LogP contribution < -0.4 is 0 Å². The summed E-state index contributed by atoms with van der Waals surface area (Å²) in [5.41, 5.74) is 5.25. The maximum Gasteiger partial charge on any atom is 0.0787 e. The molecule has 1 aliphatic heterocycles. The van der Waals surface area contributed by atoms with Gasteiger partial charge in [0.2, 0.25) is 0 Å². The lowest BCUT2D eigenvalue weighted by molar-refractivity contribution is 0.200. The van der Waals surface area contributed by atoms with Crippen molar-refractivity contribution in [3.8, 4) is 0 Å². The second-order valence-corrected chi connectivity index (χ2v) is 12.5. The normalized spacial score (nSPS) is 22.3. The van der Waals surface area contributed by atoms with Crippen molar-refractivity contribution >= 4 is 16.8 Å². The summed E-state index contributed by atoms with van der Waals surface area (Å²) in [5, 5.41) is 12.1. The highest BCUT2D eigenvalue weighted by Crippen LogP contribution is 2.33. The van der Waals surface area contributed by atoms with Crippen LogP contribution in [0, 0.1) is 17.8 Å². The molecule has 3 unspecified atom stereocenters. The first-order chi connectivity index (χ1) is 17.6. The molecule has 1 saturated carbocycles. The molecule has 0 bridgehead atoms. The highest BCUT2D eigenvalue weighted by Gasteiger charge is 2.19. The third kappa shape index (κ3) is 10.2. The highest BCUT2D eigenvalue weighted by molar-refractivity contribution is 8.17. The van der Waals surface area contributed by atoms with Gasteiger partial charge in [0.1, 0.15) is 0 Å². The van der Waals surface area contributed by atoms with Gasteiger partial charge in [-0.25, -0.2) is 0 Å². The van der Waals surface area contributed by atoms with Gasteiger partial charge < -0.3 is 5.11 Å². The smallest absolute Gasteiger partial charge is 0.0787 e. The fraction of sp³-hybridized carbons (Fsp3) is 0.697. The maximum absolute atomic E-state index is 10.7. The summed E-state index contributed by atoms with van der Waals surface area (Å²) in [6.07, 6.45) is 28.8. The molecule has 0 aromatic rings. The van der Waals surface area contributed by atoms with Crippen LogP contribution in [0.5, 0.6) is 0 Å². The molecule has 0 radical (unpaired) electrons. The summed E-state index contributed by atoms with van der Waals surface area (Å²) in [6.45, 7) is 9.11. The van der Waals surface area contributed by atoms with Crippen LogP contribution in [0.15, 0.2) is 57.7 Å². The molecule has 1 N–H and O–H groups in total. The largest absolute Gasteiger partial charge is 0.388 e. The Hall–Kier alpha value is -1.28. The minimum Gasteiger partial charge on any atom is -0.388 e. The quantitative estimate of drug-likeness (QED) is 0.176. The molecule has 0 aromatic carbocycles. The number of allylic oxidation sites excluding steroid dienone is 4. The third-order valence-electron chi connectivity index (χ3n) is 8.40. The molecule has 3 rings (SSSR count). The minimum atomic E-state index is -0.363. The third-order valence-corrected chi connectivity index (χ3v) is 9.56. The fourth-order valence-corrected chi connectivity index (χ4v) is 7.27. The Morgan fingerprint density at radius 2 is 2.00 bits per heavy atom. The van der Waals surface area contributed by atoms with Crippen molar-refractivity contribution in [2.75, 3.05) is 6.54 Å². The maximum atomic E-state index is 10.7. The van der Waals surface area contributed by atoms with Crippen molar-refractivity contribution in [3.05, 3.63) is 52.7 Å². The number of aliphatic imine (C=N–C) groups is 1. The first-order valence-corrected chi connectivity index (χ1v) is 15.7. The predicted octanol–water partition coefficient (Wildman–Crippen LogP) is 9.73. The van der Waals surface area contributed by atoms with E-state index < -0.39 is 0 Å². The molecular formula is C33H51NOS. The number of hydrogen-bond donors (Lipinski definition) is 1. The SMILES string of the molecule is C=C=C(C)C1C=CC(C(O)CCCC2=CCCN=C(CC(CCC)CCCCC3CCCC3)S2)=CC1. The number of aliphatic hydroxyl groups excluding tert-OH is 1. The molecule has 2 nitrogen and oxygen atoms in total. The van der Waals surface area contributed by atoms with E-state index >= 15 is 0 Å². The summed E-state index contributed by atoms with van der Waals surface area (Å²) < 4.78 is 0. The molecule has 3 atom stereocenters. The van der Waals surface area contributed by atoms with E-state index in [9.17, 15) is 5.11 Å². The van der Waals surface area contributed by atoms with E-state index in [1.807, 2.05) is 11.8 Å². The number of unbranched alkanes of at least 4 members (excludes halogenated alkanes) is 1. The van der Waals surface area contributed by atoms with Crippen LogP contribution in [0.1, 0.15) is 117 Å². The van der Waals surface area contributed by atoms with Crippen molar-refractivity contribution in [1.82, 2.24) is 0 Å². The van der Waals surface area contributed by atoms with Crippen LogP contribution in [0.25, 0.3) is 0 Å². The van der Waals surface area contributed by atoms with Crippen LogP contribution in [0.2, 0.25) is 0 Å². The van der Waals surface area contributed by atoms with Crippen molar-refractivity contribution in [2.24, 2.45) is 22.7 Å². The fourth-order valence-electron chi connectivity index (χ4n) is 6.04. The topological polar surface area (TPSA) is 32.6 Å². The van der Waals surface area contributed by atoms with Crippen LogP contribution in [0.3, 0.4) is 0 Å². The summed E-state index contributed by atoms with van der Waals surface area (Å²) in [7, 11) is 0. The average molecular weight is 510 g/mol. The van der Waals surface area contributed by atoms with Crippen LogP contribution >= 0.6 is 11.8 Å². The van der Waals surface area contributed by atoms with E-state index in [2.05, 4.69) is 50.5 Å². The van der Waals surface area contributed by atoms with Gasteiger partial charge in [-0.15, -0.1) is 5.73 Å². The predicted molar refractivity (Wildman–Crippen MR) is 160 cm³/mol. The van der Waals surface area contributed by atoms with E-state index in [-0.39, 0.29) is 6.10 Å². The molecule has 0 spiro atoms. The lowest BCUT2D eigenvalue weighted by atomic mass is 9.89. The van der Waals surface area contributed by atoms with Gasteiger partial charge in [-0.05, 0) is 73.3 Å². The molecule has 3 aliphatic rings. The second kappa shape index (κ2) is 16.5. The lowest BCUT2D eigenvalue weighted by Crippen LogP contribution is -2.12. The van der Waals surface area contributed by atoms with Gasteiger partial charge in [-0.3, -0.25) is 4.99 Å². The monoisotopic (exact) mass is 509 g/mol. The zero-order chi connectivity index (χ0) is 25.6. The van der Waals surface area contributed by atoms with E-state index in [0.29, 0.717) is 5.92 Å². The molecule has 0 saturated heterocycles. The Bertz CT molecular complexity index is 838. The van der Waals surface area contributed by atoms with E-state index in [1.54, 1.807) is 0 Å². The number of hydrogen-bond acceptors (Lipinski definition) is 3. The lowest BCUT2D eigenvalue weighted by Gasteiger charge is -2.20. The minimum absolute atomic E-state index is 0.363. The first kappa shape index (κ1) is 29.3. The average Bonchev–Trinajstić information content (AvgIpc) is 3.32. The van der Waals surface area contributed by atoms with Gasteiger partial charge in [-0.1, -0.05) is 114 Å². The molecule has 2 aliphatic carbocycles. The van der Waals surface area contributed by atoms with Crippen molar-refractivity contribution in [3.63, 3.8) is 0 Å². The first-order valence-electron chi connectivity index (χ1n) is 14.9. The number of thioether (sulfide) groups is 1. The molecule has 0 amide bonds. The van der Waals surface area contributed by atoms with Crippen LogP contribution in [0.4, 0.5) is 0 Å². The summed E-state index contributed by atoms with van der Waals surface area (Å²) >= 11 is 1.94. The standard InChI is InChI=1S/C33H51NOS/c1-4-12-28(16-9-8-15-27-13-6-7-14-27)25-33-34-24-11-18-31(36-33)17-10-19-32(35)30-22-20-29(21-23-30)26(3)5-2/h18,20,22-23,27-29,32,35H,2,4,6-17,19,21,24-25H2,1,3H3.